The Morgan fingerprint density at radius 2 is 1.88 bits per heavy atom. The van der Waals surface area contributed by atoms with Crippen molar-refractivity contribution in [3.05, 3.63) is 0 Å². The Labute approximate surface area is 95.4 Å². The molecule has 0 aromatic rings. The van der Waals surface area contributed by atoms with E-state index in [0.29, 0.717) is 6.54 Å². The number of likely N-dealkylation sites (tertiary alicyclic amines) is 1. The summed E-state index contributed by atoms with van der Waals surface area (Å²) in [7, 11) is 0. The van der Waals surface area contributed by atoms with E-state index in [1.807, 2.05) is 6.92 Å². The standard InChI is InChI=1S/C11H19NO4/c1-7-5-12(6-8(7)9(13)14)10(15)16-11(2,3)4/h7-8H,5-6H2,1-4H3,(H,13,14). The second-order valence-electron chi connectivity index (χ2n) is 5.31. The third-order valence-corrected chi connectivity index (χ3v) is 2.58. The Hall–Kier alpha value is -1.26. The van der Waals surface area contributed by atoms with Crippen LogP contribution in [-0.2, 0) is 9.53 Å². The summed E-state index contributed by atoms with van der Waals surface area (Å²) in [6.45, 7) is 7.90. The normalized spacial score (nSPS) is 25.6. The fourth-order valence-corrected chi connectivity index (χ4v) is 1.76. The number of hydrogen-bond acceptors (Lipinski definition) is 3. The van der Waals surface area contributed by atoms with Crippen LogP contribution in [-0.4, -0.2) is 40.8 Å². The highest BCUT2D eigenvalue weighted by molar-refractivity contribution is 5.74. The Bertz CT molecular complexity index is 295. The van der Waals surface area contributed by atoms with Gasteiger partial charge >= 0.3 is 12.1 Å². The third kappa shape index (κ3) is 3.12. The van der Waals surface area contributed by atoms with Crippen molar-refractivity contribution < 1.29 is 19.4 Å². The van der Waals surface area contributed by atoms with E-state index in [1.165, 1.54) is 4.90 Å². The van der Waals surface area contributed by atoms with Crippen molar-refractivity contribution in [1.29, 1.82) is 0 Å². The number of ether oxygens (including phenoxy) is 1. The molecule has 1 N–H and O–H groups in total. The van der Waals surface area contributed by atoms with E-state index >= 15 is 0 Å². The minimum atomic E-state index is -0.849. The van der Waals surface area contributed by atoms with Gasteiger partial charge in [0.25, 0.3) is 0 Å². The fourth-order valence-electron chi connectivity index (χ4n) is 1.76. The van der Waals surface area contributed by atoms with Crippen LogP contribution >= 0.6 is 0 Å². The Morgan fingerprint density at radius 1 is 1.31 bits per heavy atom. The van der Waals surface area contributed by atoms with Gasteiger partial charge in [-0.15, -0.1) is 0 Å². The number of rotatable bonds is 1. The molecule has 0 aromatic carbocycles. The van der Waals surface area contributed by atoms with Crippen molar-refractivity contribution in [3.63, 3.8) is 0 Å². The molecular formula is C11H19NO4. The summed E-state index contributed by atoms with van der Waals surface area (Å²) in [4.78, 5) is 24.0. The molecule has 0 radical (unpaired) electrons. The molecule has 0 aliphatic carbocycles. The number of aliphatic carboxylic acids is 1. The molecule has 5 heteroatoms. The van der Waals surface area contributed by atoms with Crippen molar-refractivity contribution in [2.75, 3.05) is 13.1 Å². The zero-order valence-electron chi connectivity index (χ0n) is 10.2. The lowest BCUT2D eigenvalue weighted by Crippen LogP contribution is -2.35. The molecule has 2 atom stereocenters. The van der Waals surface area contributed by atoms with Crippen LogP contribution in [0.15, 0.2) is 0 Å². The topological polar surface area (TPSA) is 66.8 Å². The SMILES string of the molecule is CC1CN(C(=O)OC(C)(C)C)CC1C(=O)O. The number of carboxylic acids is 1. The summed E-state index contributed by atoms with van der Waals surface area (Å²) in [6, 6.07) is 0. The van der Waals surface area contributed by atoms with Gasteiger partial charge in [-0.3, -0.25) is 4.79 Å². The first kappa shape index (κ1) is 12.8. The number of carboxylic acid groups (broad SMARTS) is 1. The van der Waals surface area contributed by atoms with Gasteiger partial charge in [0.1, 0.15) is 5.60 Å². The van der Waals surface area contributed by atoms with Gasteiger partial charge in [0.15, 0.2) is 0 Å². The van der Waals surface area contributed by atoms with Gasteiger partial charge in [-0.25, -0.2) is 4.79 Å². The molecule has 1 aliphatic rings. The predicted octanol–water partition coefficient (Wildman–Crippen LogP) is 1.57. The first-order valence-electron chi connectivity index (χ1n) is 5.41. The van der Waals surface area contributed by atoms with Crippen LogP contribution in [0.5, 0.6) is 0 Å². The molecule has 5 nitrogen and oxygen atoms in total. The van der Waals surface area contributed by atoms with E-state index in [0.717, 1.165) is 0 Å². The van der Waals surface area contributed by atoms with Crippen LogP contribution < -0.4 is 0 Å². The molecule has 92 valence electrons. The first-order chi connectivity index (χ1) is 7.20. The molecule has 0 aromatic heterocycles. The lowest BCUT2D eigenvalue weighted by molar-refractivity contribution is -0.142. The minimum absolute atomic E-state index is 0.0231. The van der Waals surface area contributed by atoms with E-state index in [4.69, 9.17) is 9.84 Å². The third-order valence-electron chi connectivity index (χ3n) is 2.58. The van der Waals surface area contributed by atoms with Crippen molar-refractivity contribution in [1.82, 2.24) is 4.90 Å². The van der Waals surface area contributed by atoms with Crippen LogP contribution in [0, 0.1) is 11.8 Å². The van der Waals surface area contributed by atoms with E-state index in [2.05, 4.69) is 0 Å². The van der Waals surface area contributed by atoms with Gasteiger partial charge in [-0.2, -0.15) is 0 Å². The molecule has 1 amide bonds. The molecule has 16 heavy (non-hydrogen) atoms. The van der Waals surface area contributed by atoms with E-state index in [9.17, 15) is 9.59 Å². The number of hydrogen-bond donors (Lipinski definition) is 1. The molecule has 1 fully saturated rings. The van der Waals surface area contributed by atoms with Gasteiger partial charge in [0, 0.05) is 13.1 Å². The van der Waals surface area contributed by atoms with Gasteiger partial charge < -0.3 is 14.7 Å². The van der Waals surface area contributed by atoms with Crippen molar-refractivity contribution in [2.24, 2.45) is 11.8 Å². The molecule has 2 unspecified atom stereocenters. The maximum absolute atomic E-state index is 11.7. The van der Waals surface area contributed by atoms with Crippen molar-refractivity contribution in [3.8, 4) is 0 Å². The summed E-state index contributed by atoms with van der Waals surface area (Å²) in [5, 5.41) is 8.94. The molecule has 1 heterocycles. The van der Waals surface area contributed by atoms with Gasteiger partial charge in [0.2, 0.25) is 0 Å². The number of carbonyl (C=O) groups is 2. The number of carbonyl (C=O) groups excluding carboxylic acids is 1. The zero-order chi connectivity index (χ0) is 12.5. The molecule has 1 saturated heterocycles. The molecular weight excluding hydrogens is 210 g/mol. The van der Waals surface area contributed by atoms with Crippen LogP contribution in [0.4, 0.5) is 4.79 Å². The van der Waals surface area contributed by atoms with Gasteiger partial charge in [0.05, 0.1) is 5.92 Å². The van der Waals surface area contributed by atoms with Crippen molar-refractivity contribution in [2.45, 2.75) is 33.3 Å². The summed E-state index contributed by atoms with van der Waals surface area (Å²) in [5.41, 5.74) is -0.540. The van der Waals surface area contributed by atoms with E-state index in [-0.39, 0.29) is 12.5 Å². The van der Waals surface area contributed by atoms with Gasteiger partial charge in [-0.05, 0) is 26.7 Å². The van der Waals surface area contributed by atoms with Crippen molar-refractivity contribution >= 4 is 12.1 Å². The van der Waals surface area contributed by atoms with Crippen LogP contribution in [0.2, 0.25) is 0 Å². The van der Waals surface area contributed by atoms with Crippen LogP contribution in [0.25, 0.3) is 0 Å². The highest BCUT2D eigenvalue weighted by atomic mass is 16.6. The first-order valence-corrected chi connectivity index (χ1v) is 5.41. The second-order valence-corrected chi connectivity index (χ2v) is 5.31. The van der Waals surface area contributed by atoms with Gasteiger partial charge in [-0.1, -0.05) is 6.92 Å². The summed E-state index contributed by atoms with van der Waals surface area (Å²) < 4.78 is 5.19. The lowest BCUT2D eigenvalue weighted by atomic mass is 9.99. The highest BCUT2D eigenvalue weighted by Gasteiger charge is 2.38. The molecule has 0 bridgehead atoms. The Morgan fingerprint density at radius 3 is 2.25 bits per heavy atom. The highest BCUT2D eigenvalue weighted by Crippen LogP contribution is 2.24. The molecule has 1 aliphatic heterocycles. The quantitative estimate of drug-likeness (QED) is 0.741. The van der Waals surface area contributed by atoms with E-state index < -0.39 is 23.6 Å². The predicted molar refractivity (Wildman–Crippen MR) is 58.1 cm³/mol. The average Bonchev–Trinajstić information content (AvgIpc) is 2.44. The van der Waals surface area contributed by atoms with Crippen LogP contribution in [0.1, 0.15) is 27.7 Å². The smallest absolute Gasteiger partial charge is 0.410 e. The largest absolute Gasteiger partial charge is 0.481 e. The lowest BCUT2D eigenvalue weighted by Gasteiger charge is -2.24. The second kappa shape index (κ2) is 4.31. The molecule has 0 saturated carbocycles. The van der Waals surface area contributed by atoms with E-state index in [1.54, 1.807) is 20.8 Å². The monoisotopic (exact) mass is 229 g/mol. The average molecular weight is 229 g/mol. The molecule has 1 rings (SSSR count). The Kier molecular flexibility index (Phi) is 3.45. The maximum atomic E-state index is 11.7. The van der Waals surface area contributed by atoms with Crippen LogP contribution in [0.3, 0.4) is 0 Å². The minimum Gasteiger partial charge on any atom is -0.481 e. The zero-order valence-corrected chi connectivity index (χ0v) is 10.2. The summed E-state index contributed by atoms with van der Waals surface area (Å²) in [5.74, 6) is -1.35. The number of amides is 1. The Balaban J connectivity index is 2.58. The summed E-state index contributed by atoms with van der Waals surface area (Å²) in [6.07, 6.45) is -0.428. The maximum Gasteiger partial charge on any atom is 0.410 e. The number of nitrogens with zero attached hydrogens (tertiary/aromatic N) is 1. The fraction of sp³-hybridized carbons (Fsp3) is 0.818. The summed E-state index contributed by atoms with van der Waals surface area (Å²) >= 11 is 0. The molecule has 0 spiro atoms.